The Balaban J connectivity index is 2.25. The van der Waals surface area contributed by atoms with Crippen LogP contribution in [0.4, 0.5) is 0 Å². The Bertz CT molecular complexity index is 317. The maximum atomic E-state index is 11.7. The van der Waals surface area contributed by atoms with E-state index in [1.54, 1.807) is 7.05 Å². The summed E-state index contributed by atoms with van der Waals surface area (Å²) in [5.41, 5.74) is 0. The topological polar surface area (TPSA) is 78.5 Å². The summed E-state index contributed by atoms with van der Waals surface area (Å²) in [6.07, 6.45) is 0.712. The molecule has 0 bridgehead atoms. The molecule has 1 heterocycles. The number of amides is 2. The maximum absolute atomic E-state index is 11.7. The van der Waals surface area contributed by atoms with Gasteiger partial charge in [-0.05, 0) is 14.0 Å². The smallest absolute Gasteiger partial charge is 0.246 e. The molecular weight excluding hydrogens is 222 g/mol. The number of Topliss-reactive ketones (excluding diaryl/α,β-unsaturated/α-hetero) is 1. The molecule has 1 fully saturated rings. The molecule has 0 aromatic carbocycles. The van der Waals surface area contributed by atoms with Gasteiger partial charge in [0.25, 0.3) is 0 Å². The number of nitrogens with zero attached hydrogens (tertiary/aromatic N) is 1. The molecule has 0 saturated carbocycles. The van der Waals surface area contributed by atoms with E-state index in [0.29, 0.717) is 26.1 Å². The minimum atomic E-state index is -0.375. The van der Waals surface area contributed by atoms with Crippen molar-refractivity contribution in [1.29, 1.82) is 0 Å². The Morgan fingerprint density at radius 3 is 2.65 bits per heavy atom. The lowest BCUT2D eigenvalue weighted by molar-refractivity contribution is -0.138. The Labute approximate surface area is 101 Å². The van der Waals surface area contributed by atoms with Gasteiger partial charge in [-0.3, -0.25) is 19.3 Å². The van der Waals surface area contributed by atoms with E-state index in [9.17, 15) is 14.4 Å². The zero-order valence-corrected chi connectivity index (χ0v) is 10.3. The molecule has 1 saturated heterocycles. The molecule has 0 radical (unpaired) electrons. The number of likely N-dealkylation sites (tertiary alicyclic amines) is 1. The number of carbonyl (C=O) groups is 3. The molecule has 1 aliphatic heterocycles. The second kappa shape index (κ2) is 6.46. The van der Waals surface area contributed by atoms with Crippen LogP contribution in [-0.4, -0.2) is 55.2 Å². The SMILES string of the molecule is CNC1CC(=O)N(CCNCCC(C)=O)C1=O. The molecule has 2 amide bonds. The zero-order chi connectivity index (χ0) is 12.8. The highest BCUT2D eigenvalue weighted by molar-refractivity contribution is 6.05. The Morgan fingerprint density at radius 1 is 1.41 bits per heavy atom. The lowest BCUT2D eigenvalue weighted by atomic mass is 10.2. The second-order valence-electron chi connectivity index (χ2n) is 4.13. The number of hydrogen-bond donors (Lipinski definition) is 2. The molecule has 1 unspecified atom stereocenters. The molecule has 17 heavy (non-hydrogen) atoms. The van der Waals surface area contributed by atoms with Crippen LogP contribution in [0.3, 0.4) is 0 Å². The van der Waals surface area contributed by atoms with Crippen molar-refractivity contribution in [1.82, 2.24) is 15.5 Å². The first-order chi connectivity index (χ1) is 8.06. The highest BCUT2D eigenvalue weighted by atomic mass is 16.2. The summed E-state index contributed by atoms with van der Waals surface area (Å²) in [6.45, 7) is 3.02. The predicted molar refractivity (Wildman–Crippen MR) is 62.4 cm³/mol. The highest BCUT2D eigenvalue weighted by Crippen LogP contribution is 2.11. The zero-order valence-electron chi connectivity index (χ0n) is 10.3. The molecular formula is C11H19N3O3. The first kappa shape index (κ1) is 13.8. The quantitative estimate of drug-likeness (QED) is 0.437. The van der Waals surface area contributed by atoms with Gasteiger partial charge >= 0.3 is 0 Å². The van der Waals surface area contributed by atoms with E-state index < -0.39 is 0 Å². The first-order valence-electron chi connectivity index (χ1n) is 5.78. The predicted octanol–water partition coefficient (Wildman–Crippen LogP) is -1.10. The summed E-state index contributed by atoms with van der Waals surface area (Å²) in [6, 6.07) is -0.375. The van der Waals surface area contributed by atoms with Crippen molar-refractivity contribution in [3.63, 3.8) is 0 Å². The van der Waals surface area contributed by atoms with Crippen LogP contribution in [0.15, 0.2) is 0 Å². The molecule has 0 aromatic rings. The summed E-state index contributed by atoms with van der Waals surface area (Å²) in [5.74, 6) is -0.172. The Hall–Kier alpha value is -1.27. The van der Waals surface area contributed by atoms with Crippen molar-refractivity contribution in [3.8, 4) is 0 Å². The van der Waals surface area contributed by atoms with E-state index in [1.807, 2.05) is 0 Å². The van der Waals surface area contributed by atoms with Gasteiger partial charge in [-0.1, -0.05) is 0 Å². The molecule has 1 atom stereocenters. The lowest BCUT2D eigenvalue weighted by Gasteiger charge is -2.14. The van der Waals surface area contributed by atoms with Gasteiger partial charge in [-0.2, -0.15) is 0 Å². The van der Waals surface area contributed by atoms with E-state index >= 15 is 0 Å². The third-order valence-corrected chi connectivity index (χ3v) is 2.76. The lowest BCUT2D eigenvalue weighted by Crippen LogP contribution is -2.40. The second-order valence-corrected chi connectivity index (χ2v) is 4.13. The van der Waals surface area contributed by atoms with Crippen molar-refractivity contribution in [2.24, 2.45) is 0 Å². The summed E-state index contributed by atoms with van der Waals surface area (Å²) >= 11 is 0. The van der Waals surface area contributed by atoms with Gasteiger partial charge in [-0.15, -0.1) is 0 Å². The van der Waals surface area contributed by atoms with Crippen molar-refractivity contribution in [2.75, 3.05) is 26.7 Å². The van der Waals surface area contributed by atoms with E-state index in [-0.39, 0.29) is 30.1 Å². The van der Waals surface area contributed by atoms with Crippen molar-refractivity contribution in [2.45, 2.75) is 25.8 Å². The first-order valence-corrected chi connectivity index (χ1v) is 5.78. The fraction of sp³-hybridized carbons (Fsp3) is 0.727. The van der Waals surface area contributed by atoms with Crippen LogP contribution in [-0.2, 0) is 14.4 Å². The van der Waals surface area contributed by atoms with Crippen LogP contribution in [0.1, 0.15) is 19.8 Å². The van der Waals surface area contributed by atoms with Crippen LogP contribution >= 0.6 is 0 Å². The number of nitrogens with one attached hydrogen (secondary N) is 2. The number of carbonyl (C=O) groups excluding carboxylic acids is 3. The van der Waals surface area contributed by atoms with Crippen molar-refractivity contribution < 1.29 is 14.4 Å². The van der Waals surface area contributed by atoms with Crippen molar-refractivity contribution >= 4 is 17.6 Å². The third-order valence-electron chi connectivity index (χ3n) is 2.76. The van der Waals surface area contributed by atoms with Gasteiger partial charge in [0.2, 0.25) is 11.8 Å². The number of rotatable bonds is 7. The van der Waals surface area contributed by atoms with E-state index in [4.69, 9.17) is 0 Å². The minimum Gasteiger partial charge on any atom is -0.315 e. The molecule has 0 spiro atoms. The van der Waals surface area contributed by atoms with Crippen LogP contribution < -0.4 is 10.6 Å². The van der Waals surface area contributed by atoms with Gasteiger partial charge in [-0.25, -0.2) is 0 Å². The highest BCUT2D eigenvalue weighted by Gasteiger charge is 2.36. The normalized spacial score (nSPS) is 20.1. The summed E-state index contributed by atoms with van der Waals surface area (Å²) < 4.78 is 0. The standard InChI is InChI=1S/C11H19N3O3/c1-8(15)3-4-13-5-6-14-10(16)7-9(12-2)11(14)17/h9,12-13H,3-7H2,1-2H3. The van der Waals surface area contributed by atoms with Crippen molar-refractivity contribution in [3.05, 3.63) is 0 Å². The van der Waals surface area contributed by atoms with Crippen LogP contribution in [0.5, 0.6) is 0 Å². The van der Waals surface area contributed by atoms with Gasteiger partial charge < -0.3 is 10.6 Å². The van der Waals surface area contributed by atoms with Gasteiger partial charge in [0.15, 0.2) is 0 Å². The van der Waals surface area contributed by atoms with E-state index in [2.05, 4.69) is 10.6 Å². The molecule has 6 heteroatoms. The Morgan fingerprint density at radius 2 is 2.12 bits per heavy atom. The van der Waals surface area contributed by atoms with E-state index in [0.717, 1.165) is 0 Å². The molecule has 0 aliphatic carbocycles. The number of hydrogen-bond acceptors (Lipinski definition) is 5. The summed E-state index contributed by atoms with van der Waals surface area (Å²) in [5, 5.41) is 5.84. The van der Waals surface area contributed by atoms with Crippen LogP contribution in [0.2, 0.25) is 0 Å². The largest absolute Gasteiger partial charge is 0.315 e. The van der Waals surface area contributed by atoms with E-state index in [1.165, 1.54) is 11.8 Å². The minimum absolute atomic E-state index is 0.126. The molecule has 96 valence electrons. The molecule has 0 aromatic heterocycles. The average molecular weight is 241 g/mol. The summed E-state index contributed by atoms with van der Waals surface area (Å²) in [4.78, 5) is 35.1. The molecule has 2 N–H and O–H groups in total. The van der Waals surface area contributed by atoms with Gasteiger partial charge in [0.05, 0.1) is 12.5 Å². The number of likely N-dealkylation sites (N-methyl/N-ethyl adjacent to an activating group) is 1. The van der Waals surface area contributed by atoms with Gasteiger partial charge in [0, 0.05) is 26.1 Å². The number of ketones is 1. The monoisotopic (exact) mass is 241 g/mol. The fourth-order valence-corrected chi connectivity index (χ4v) is 1.72. The van der Waals surface area contributed by atoms with Crippen LogP contribution in [0, 0.1) is 0 Å². The number of imide groups is 1. The molecule has 1 rings (SSSR count). The fourth-order valence-electron chi connectivity index (χ4n) is 1.72. The van der Waals surface area contributed by atoms with Gasteiger partial charge in [0.1, 0.15) is 5.78 Å². The third kappa shape index (κ3) is 3.90. The average Bonchev–Trinajstić information content (AvgIpc) is 2.54. The molecule has 6 nitrogen and oxygen atoms in total. The maximum Gasteiger partial charge on any atom is 0.246 e. The summed E-state index contributed by atoms with van der Waals surface area (Å²) in [7, 11) is 1.67. The molecule has 1 aliphatic rings. The Kier molecular flexibility index (Phi) is 5.24. The van der Waals surface area contributed by atoms with Crippen LogP contribution in [0.25, 0.3) is 0 Å².